The van der Waals surface area contributed by atoms with Crippen molar-refractivity contribution in [3.05, 3.63) is 24.3 Å². The number of rotatable bonds is 3. The molecule has 134 valence electrons. The van der Waals surface area contributed by atoms with E-state index in [9.17, 15) is 13.2 Å². The quantitative estimate of drug-likeness (QED) is 0.876. The Labute approximate surface area is 146 Å². The van der Waals surface area contributed by atoms with Crippen LogP contribution in [-0.2, 0) is 17.1 Å². The van der Waals surface area contributed by atoms with E-state index in [1.807, 2.05) is 0 Å². The number of amides is 2. The highest BCUT2D eigenvalue weighted by Gasteiger charge is 2.44. The van der Waals surface area contributed by atoms with E-state index in [1.165, 1.54) is 17.5 Å². The summed E-state index contributed by atoms with van der Waals surface area (Å²) in [6, 6.07) is 6.35. The van der Waals surface area contributed by atoms with Crippen molar-refractivity contribution in [1.82, 2.24) is 19.8 Å². The average molecular weight is 362 g/mol. The zero-order valence-electron chi connectivity index (χ0n) is 14.2. The van der Waals surface area contributed by atoms with E-state index in [0.29, 0.717) is 16.3 Å². The lowest BCUT2D eigenvalue weighted by Crippen LogP contribution is -2.46. The van der Waals surface area contributed by atoms with Crippen molar-refractivity contribution in [2.24, 2.45) is 12.5 Å². The van der Waals surface area contributed by atoms with Crippen molar-refractivity contribution >= 4 is 27.0 Å². The first-order chi connectivity index (χ1) is 11.9. The lowest BCUT2D eigenvalue weighted by atomic mass is 9.83. The molecule has 0 aliphatic heterocycles. The summed E-state index contributed by atoms with van der Waals surface area (Å²) in [6.45, 7) is 0. The smallest absolute Gasteiger partial charge is 0.328 e. The molecule has 2 saturated carbocycles. The number of benzene rings is 1. The number of carbonyl (C=O) groups is 1. The summed E-state index contributed by atoms with van der Waals surface area (Å²) in [7, 11) is -2.44. The fourth-order valence-electron chi connectivity index (χ4n) is 3.88. The van der Waals surface area contributed by atoms with Crippen molar-refractivity contribution < 1.29 is 13.2 Å². The molecule has 0 unspecified atom stereocenters. The van der Waals surface area contributed by atoms with Gasteiger partial charge in [0.15, 0.2) is 5.03 Å². The van der Waals surface area contributed by atoms with E-state index in [1.54, 1.807) is 31.3 Å². The first-order valence-corrected chi connectivity index (χ1v) is 10.1. The van der Waals surface area contributed by atoms with Gasteiger partial charge in [-0.25, -0.2) is 9.52 Å². The highest BCUT2D eigenvalue weighted by atomic mass is 32.2. The molecule has 2 amide bonds. The zero-order valence-corrected chi connectivity index (χ0v) is 15.0. The highest BCUT2D eigenvalue weighted by molar-refractivity contribution is 7.90. The Morgan fingerprint density at radius 3 is 2.56 bits per heavy atom. The van der Waals surface area contributed by atoms with Gasteiger partial charge in [-0.1, -0.05) is 12.1 Å². The SMILES string of the molecule is Cn1nc2ccccc2c1S(=O)(=O)NC(=O)NC1CCC2(CC1)CC2. The molecule has 1 aromatic heterocycles. The largest absolute Gasteiger partial charge is 0.335 e. The maximum atomic E-state index is 12.7. The topological polar surface area (TPSA) is 93.1 Å². The standard InChI is InChI=1S/C17H22N4O3S/c1-21-15(13-4-2-3-5-14(13)19-21)25(23,24)20-16(22)18-12-6-8-17(9-7-12)10-11-17/h2-5,12H,6-11H2,1H3,(H2,18,20,22). The number of aryl methyl sites for hydroxylation is 1. The number of urea groups is 1. The Hall–Kier alpha value is -2.09. The molecule has 2 N–H and O–H groups in total. The molecule has 0 saturated heterocycles. The number of aromatic nitrogens is 2. The molecule has 0 bridgehead atoms. The van der Waals surface area contributed by atoms with Crippen LogP contribution in [0.4, 0.5) is 4.79 Å². The Morgan fingerprint density at radius 2 is 1.88 bits per heavy atom. The first-order valence-electron chi connectivity index (χ1n) is 8.64. The van der Waals surface area contributed by atoms with Gasteiger partial charge in [0, 0.05) is 18.5 Å². The van der Waals surface area contributed by atoms with Crippen molar-refractivity contribution in [3.8, 4) is 0 Å². The number of nitrogens with one attached hydrogen (secondary N) is 2. The Morgan fingerprint density at radius 1 is 1.20 bits per heavy atom. The van der Waals surface area contributed by atoms with Crippen LogP contribution in [0.2, 0.25) is 0 Å². The van der Waals surface area contributed by atoms with Crippen molar-refractivity contribution in [2.45, 2.75) is 49.6 Å². The van der Waals surface area contributed by atoms with Gasteiger partial charge in [0.2, 0.25) is 0 Å². The van der Waals surface area contributed by atoms with E-state index in [0.717, 1.165) is 25.7 Å². The molecular formula is C17H22N4O3S. The summed E-state index contributed by atoms with van der Waals surface area (Å²) in [4.78, 5) is 12.2. The number of fused-ring (bicyclic) bond motifs is 1. The van der Waals surface area contributed by atoms with E-state index in [2.05, 4.69) is 15.1 Å². The number of hydrogen-bond acceptors (Lipinski definition) is 4. The molecule has 2 aliphatic rings. The number of sulfonamides is 1. The van der Waals surface area contributed by atoms with Crippen LogP contribution in [0.25, 0.3) is 10.9 Å². The highest BCUT2D eigenvalue weighted by Crippen LogP contribution is 2.56. The molecule has 2 fully saturated rings. The Kier molecular flexibility index (Phi) is 3.75. The lowest BCUT2D eigenvalue weighted by Gasteiger charge is -2.28. The van der Waals surface area contributed by atoms with Gasteiger partial charge in [0.1, 0.15) is 0 Å². The molecule has 2 aromatic rings. The third kappa shape index (κ3) is 3.10. The zero-order chi connectivity index (χ0) is 17.7. The second-order valence-electron chi connectivity index (χ2n) is 7.30. The van der Waals surface area contributed by atoms with Crippen molar-refractivity contribution in [1.29, 1.82) is 0 Å². The fraction of sp³-hybridized carbons (Fsp3) is 0.529. The van der Waals surface area contributed by atoms with Crippen LogP contribution in [0, 0.1) is 5.41 Å². The molecule has 1 heterocycles. The van der Waals surface area contributed by atoms with E-state index < -0.39 is 16.1 Å². The monoisotopic (exact) mass is 362 g/mol. The second kappa shape index (κ2) is 5.72. The Balaban J connectivity index is 1.47. The van der Waals surface area contributed by atoms with Gasteiger partial charge in [-0.05, 0) is 56.1 Å². The van der Waals surface area contributed by atoms with Crippen LogP contribution in [0.5, 0.6) is 0 Å². The first kappa shape index (κ1) is 16.4. The van der Waals surface area contributed by atoms with Gasteiger partial charge in [0.25, 0.3) is 10.0 Å². The van der Waals surface area contributed by atoms with Crippen LogP contribution in [0.3, 0.4) is 0 Å². The maximum absolute atomic E-state index is 12.7. The van der Waals surface area contributed by atoms with E-state index in [-0.39, 0.29) is 11.1 Å². The van der Waals surface area contributed by atoms with Crippen molar-refractivity contribution in [2.75, 3.05) is 0 Å². The fourth-order valence-corrected chi connectivity index (χ4v) is 5.13. The summed E-state index contributed by atoms with van der Waals surface area (Å²) in [5.74, 6) is 0. The van der Waals surface area contributed by atoms with Crippen LogP contribution in [0.15, 0.2) is 29.3 Å². The minimum absolute atomic E-state index is 0.00109. The summed E-state index contributed by atoms with van der Waals surface area (Å²) >= 11 is 0. The van der Waals surface area contributed by atoms with Gasteiger partial charge >= 0.3 is 6.03 Å². The van der Waals surface area contributed by atoms with E-state index in [4.69, 9.17) is 0 Å². The van der Waals surface area contributed by atoms with Gasteiger partial charge in [0.05, 0.1) is 5.52 Å². The number of hydrogen-bond donors (Lipinski definition) is 2. The van der Waals surface area contributed by atoms with Crippen LogP contribution >= 0.6 is 0 Å². The molecule has 2 aliphatic carbocycles. The molecule has 1 aromatic carbocycles. The van der Waals surface area contributed by atoms with E-state index >= 15 is 0 Å². The minimum atomic E-state index is -4.00. The van der Waals surface area contributed by atoms with Crippen molar-refractivity contribution in [3.63, 3.8) is 0 Å². The average Bonchev–Trinajstić information content (AvgIpc) is 3.20. The molecular weight excluding hydrogens is 340 g/mol. The molecule has 7 nitrogen and oxygen atoms in total. The predicted octanol–water partition coefficient (Wildman–Crippen LogP) is 2.28. The van der Waals surface area contributed by atoms with Crippen LogP contribution < -0.4 is 10.0 Å². The third-order valence-electron chi connectivity index (χ3n) is 5.51. The molecule has 4 rings (SSSR count). The summed E-state index contributed by atoms with van der Waals surface area (Å²) in [5.41, 5.74) is 1.11. The van der Waals surface area contributed by atoms with Gasteiger partial charge in [-0.3, -0.25) is 4.68 Å². The predicted molar refractivity (Wildman–Crippen MR) is 93.5 cm³/mol. The molecule has 25 heavy (non-hydrogen) atoms. The van der Waals surface area contributed by atoms with Gasteiger partial charge in [-0.2, -0.15) is 13.5 Å². The van der Waals surface area contributed by atoms with Crippen LogP contribution in [0.1, 0.15) is 38.5 Å². The summed E-state index contributed by atoms with van der Waals surface area (Å²) in [5, 5.41) is 7.50. The lowest BCUT2D eigenvalue weighted by molar-refractivity contribution is 0.228. The Bertz CT molecular complexity index is 921. The number of carbonyl (C=O) groups excluding carboxylic acids is 1. The molecule has 0 radical (unpaired) electrons. The summed E-state index contributed by atoms with van der Waals surface area (Å²) in [6.07, 6.45) is 6.68. The molecule has 1 spiro atoms. The summed E-state index contributed by atoms with van der Waals surface area (Å²) < 4.78 is 28.7. The number of nitrogens with zero attached hydrogens (tertiary/aromatic N) is 2. The molecule has 8 heteroatoms. The molecule has 0 atom stereocenters. The van der Waals surface area contributed by atoms with Gasteiger partial charge in [-0.15, -0.1) is 0 Å². The normalized spacial score (nSPS) is 19.9. The third-order valence-corrected chi connectivity index (χ3v) is 6.95. The maximum Gasteiger partial charge on any atom is 0.328 e. The van der Waals surface area contributed by atoms with Crippen LogP contribution in [-0.4, -0.2) is 30.3 Å². The minimum Gasteiger partial charge on any atom is -0.335 e. The van der Waals surface area contributed by atoms with Gasteiger partial charge < -0.3 is 5.32 Å². The second-order valence-corrected chi connectivity index (χ2v) is 8.90.